The van der Waals surface area contributed by atoms with Gasteiger partial charge in [0.25, 0.3) is 0 Å². The Morgan fingerprint density at radius 3 is 2.54 bits per heavy atom. The highest BCUT2D eigenvalue weighted by Crippen LogP contribution is 2.46. The lowest BCUT2D eigenvalue weighted by atomic mass is 9.91. The molecule has 0 bridgehead atoms. The quantitative estimate of drug-likeness (QED) is 0.309. The van der Waals surface area contributed by atoms with Gasteiger partial charge < -0.3 is 24.8 Å². The van der Waals surface area contributed by atoms with Crippen LogP contribution >= 0.6 is 11.3 Å². The van der Waals surface area contributed by atoms with Crippen molar-refractivity contribution in [3.05, 3.63) is 64.2 Å². The van der Waals surface area contributed by atoms with Gasteiger partial charge in [0.15, 0.2) is 0 Å². The van der Waals surface area contributed by atoms with Crippen molar-refractivity contribution in [3.8, 4) is 28.4 Å². The monoisotopic (exact) mass is 489 g/mol. The van der Waals surface area contributed by atoms with Crippen LogP contribution in [0.2, 0.25) is 0 Å². The number of carbonyl (C=O) groups is 1. The second-order valence-corrected chi connectivity index (χ2v) is 9.69. The average molecular weight is 490 g/mol. The number of hydrogen-bond donors (Lipinski definition) is 1. The van der Waals surface area contributed by atoms with E-state index in [2.05, 4.69) is 11.9 Å². The maximum absolute atomic E-state index is 13.2. The Morgan fingerprint density at radius 2 is 1.83 bits per heavy atom. The van der Waals surface area contributed by atoms with Gasteiger partial charge in [-0.1, -0.05) is 17.7 Å². The minimum atomic E-state index is -0.493. The molecule has 5 rings (SSSR count). The lowest BCUT2D eigenvalue weighted by Gasteiger charge is -2.27. The van der Waals surface area contributed by atoms with E-state index in [0.29, 0.717) is 39.2 Å². The predicted molar refractivity (Wildman–Crippen MR) is 139 cm³/mol. The fraction of sp³-hybridized carbons (Fsp3) is 0.259. The molecule has 0 radical (unpaired) electrons. The Hall–Kier alpha value is -3.62. The lowest BCUT2D eigenvalue weighted by molar-refractivity contribution is 0.0741. The summed E-state index contributed by atoms with van der Waals surface area (Å²) in [5.74, 6) is 1.38. The van der Waals surface area contributed by atoms with Crippen molar-refractivity contribution < 1.29 is 19.0 Å². The first-order valence-corrected chi connectivity index (χ1v) is 12.1. The zero-order chi connectivity index (χ0) is 24.7. The minimum absolute atomic E-state index is 0.340. The van der Waals surface area contributed by atoms with Crippen molar-refractivity contribution in [1.82, 2.24) is 9.88 Å². The highest BCUT2D eigenvalue weighted by Gasteiger charge is 2.29. The van der Waals surface area contributed by atoms with E-state index in [1.54, 1.807) is 26.4 Å². The largest absolute Gasteiger partial charge is 0.497 e. The third kappa shape index (κ3) is 4.19. The Balaban J connectivity index is 1.72. The van der Waals surface area contributed by atoms with Crippen LogP contribution in [0.4, 0.5) is 5.69 Å². The van der Waals surface area contributed by atoms with Crippen LogP contribution in [0, 0.1) is 6.92 Å². The molecule has 2 aromatic heterocycles. The normalized spacial score (nSPS) is 13.5. The first-order valence-electron chi connectivity index (χ1n) is 11.3. The van der Waals surface area contributed by atoms with Gasteiger partial charge in [-0.15, -0.1) is 11.3 Å². The second kappa shape index (κ2) is 9.20. The SMILES string of the molecule is COc1ccc(OC)c(-c2c3c(nc4sc(C(=O)Oc5ccc(C)cc5)c(N)c24)CCN(C)C3)c1. The molecule has 2 aromatic carbocycles. The molecular formula is C27H27N3O4S. The Kier molecular flexibility index (Phi) is 6.08. The first-order chi connectivity index (χ1) is 16.9. The highest BCUT2D eigenvalue weighted by molar-refractivity contribution is 7.21. The number of nitrogens with two attached hydrogens (primary N) is 1. The van der Waals surface area contributed by atoms with E-state index >= 15 is 0 Å². The number of ether oxygens (including phenoxy) is 3. The van der Waals surface area contributed by atoms with E-state index in [4.69, 9.17) is 24.9 Å². The molecule has 8 heteroatoms. The summed E-state index contributed by atoms with van der Waals surface area (Å²) in [4.78, 5) is 21.4. The molecule has 0 saturated heterocycles. The van der Waals surface area contributed by atoms with E-state index in [1.807, 2.05) is 37.3 Å². The average Bonchev–Trinajstić information content (AvgIpc) is 3.19. The Labute approximate surface area is 208 Å². The molecule has 1 aliphatic rings. The van der Waals surface area contributed by atoms with Crippen LogP contribution in [0.15, 0.2) is 42.5 Å². The molecule has 0 spiro atoms. The summed E-state index contributed by atoms with van der Waals surface area (Å²) in [6.45, 7) is 3.60. The first kappa shape index (κ1) is 23.1. The second-order valence-electron chi connectivity index (χ2n) is 8.69. The number of thiophene rings is 1. The highest BCUT2D eigenvalue weighted by atomic mass is 32.1. The lowest BCUT2D eigenvalue weighted by Crippen LogP contribution is -2.28. The minimum Gasteiger partial charge on any atom is -0.497 e. The van der Waals surface area contributed by atoms with Crippen LogP contribution in [0.3, 0.4) is 0 Å². The zero-order valence-corrected chi connectivity index (χ0v) is 21.0. The van der Waals surface area contributed by atoms with Gasteiger partial charge in [-0.2, -0.15) is 0 Å². The topological polar surface area (TPSA) is 86.9 Å². The summed E-state index contributed by atoms with van der Waals surface area (Å²) >= 11 is 1.26. The number of aromatic nitrogens is 1. The van der Waals surface area contributed by atoms with Crippen molar-refractivity contribution in [1.29, 1.82) is 0 Å². The number of hydrogen-bond acceptors (Lipinski definition) is 8. The van der Waals surface area contributed by atoms with Crippen LogP contribution in [0.1, 0.15) is 26.5 Å². The van der Waals surface area contributed by atoms with Crippen LogP contribution in [0.5, 0.6) is 17.2 Å². The van der Waals surface area contributed by atoms with Gasteiger partial charge in [-0.05, 0) is 49.9 Å². The van der Waals surface area contributed by atoms with Gasteiger partial charge in [-0.3, -0.25) is 0 Å². The molecule has 1 aliphatic heterocycles. The van der Waals surface area contributed by atoms with Crippen molar-refractivity contribution in [2.24, 2.45) is 0 Å². The third-order valence-corrected chi connectivity index (χ3v) is 7.39. The molecule has 0 aliphatic carbocycles. The molecule has 0 amide bonds. The number of anilines is 1. The van der Waals surface area contributed by atoms with Gasteiger partial charge in [0, 0.05) is 41.7 Å². The fourth-order valence-corrected chi connectivity index (χ4v) is 5.48. The van der Waals surface area contributed by atoms with Crippen LogP contribution in [-0.4, -0.2) is 43.7 Å². The number of nitrogens with zero attached hydrogens (tertiary/aromatic N) is 2. The molecule has 2 N–H and O–H groups in total. The number of fused-ring (bicyclic) bond motifs is 2. The molecule has 180 valence electrons. The van der Waals surface area contributed by atoms with Crippen molar-refractivity contribution in [3.63, 3.8) is 0 Å². The van der Waals surface area contributed by atoms with E-state index in [9.17, 15) is 4.79 Å². The summed E-state index contributed by atoms with van der Waals surface area (Å²) in [6.07, 6.45) is 0.808. The summed E-state index contributed by atoms with van der Waals surface area (Å²) in [7, 11) is 5.36. The van der Waals surface area contributed by atoms with E-state index in [-0.39, 0.29) is 0 Å². The van der Waals surface area contributed by atoms with Gasteiger partial charge in [0.2, 0.25) is 0 Å². The van der Waals surface area contributed by atoms with Gasteiger partial charge in [0.05, 0.1) is 19.9 Å². The number of rotatable bonds is 5. The fourth-order valence-electron chi connectivity index (χ4n) is 4.48. The molecule has 4 aromatic rings. The number of methoxy groups -OCH3 is 2. The molecule has 35 heavy (non-hydrogen) atoms. The maximum atomic E-state index is 13.2. The maximum Gasteiger partial charge on any atom is 0.355 e. The van der Waals surface area contributed by atoms with Crippen molar-refractivity contribution >= 4 is 33.2 Å². The number of carbonyl (C=O) groups excluding carboxylic acids is 1. The predicted octanol–water partition coefficient (Wildman–Crippen LogP) is 5.08. The number of nitrogen functional groups attached to an aromatic ring is 1. The molecule has 3 heterocycles. The molecular weight excluding hydrogens is 462 g/mol. The van der Waals surface area contributed by atoms with Crippen LogP contribution in [-0.2, 0) is 13.0 Å². The summed E-state index contributed by atoms with van der Waals surface area (Å²) in [5.41, 5.74) is 12.0. The van der Waals surface area contributed by atoms with Crippen molar-refractivity contribution in [2.45, 2.75) is 19.9 Å². The standard InChI is InChI=1S/C27H27N3O4S/c1-15-5-7-16(8-6-15)34-27(31)25-24(28)23-22(18-13-17(32-3)9-10-21(18)33-4)19-14-30(2)12-11-20(19)29-26(23)35-25/h5-10,13H,11-12,14,28H2,1-4H3. The van der Waals surface area contributed by atoms with Gasteiger partial charge in [-0.25, -0.2) is 9.78 Å². The van der Waals surface area contributed by atoms with E-state index in [1.165, 1.54) is 11.3 Å². The smallest absolute Gasteiger partial charge is 0.355 e. The zero-order valence-electron chi connectivity index (χ0n) is 20.2. The summed E-state index contributed by atoms with van der Waals surface area (Å²) < 4.78 is 16.9. The number of aryl methyl sites for hydroxylation is 1. The number of esters is 1. The van der Waals surface area contributed by atoms with Gasteiger partial charge in [0.1, 0.15) is 27.0 Å². The van der Waals surface area contributed by atoms with Gasteiger partial charge >= 0.3 is 5.97 Å². The number of benzene rings is 2. The molecule has 7 nitrogen and oxygen atoms in total. The molecule has 0 saturated carbocycles. The third-order valence-electron chi connectivity index (χ3n) is 6.31. The Bertz CT molecular complexity index is 1430. The van der Waals surface area contributed by atoms with E-state index in [0.717, 1.165) is 46.3 Å². The summed E-state index contributed by atoms with van der Waals surface area (Å²) in [5, 5.41) is 0.742. The molecule has 0 unspecified atom stereocenters. The number of pyridine rings is 1. The molecule has 0 atom stereocenters. The van der Waals surface area contributed by atoms with Crippen molar-refractivity contribution in [2.75, 3.05) is 33.5 Å². The Morgan fingerprint density at radius 1 is 1.09 bits per heavy atom. The van der Waals surface area contributed by atoms with E-state index < -0.39 is 5.97 Å². The summed E-state index contributed by atoms with van der Waals surface area (Å²) in [6, 6.07) is 13.0. The van der Waals surface area contributed by atoms with Crippen LogP contribution in [0.25, 0.3) is 21.3 Å². The number of likely N-dealkylation sites (N-methyl/N-ethyl adjacent to an activating group) is 1. The van der Waals surface area contributed by atoms with Crippen LogP contribution < -0.4 is 19.9 Å². The molecule has 0 fully saturated rings.